The predicted octanol–water partition coefficient (Wildman–Crippen LogP) is 4.53. The van der Waals surface area contributed by atoms with E-state index in [1.807, 2.05) is 48.7 Å². The zero-order valence-electron chi connectivity index (χ0n) is 24.3. The Bertz CT molecular complexity index is 1450. The molecule has 1 unspecified atom stereocenters. The van der Waals surface area contributed by atoms with Gasteiger partial charge in [-0.2, -0.15) is 5.10 Å². The Morgan fingerprint density at radius 3 is 2.60 bits per heavy atom. The molecular weight excluding hydrogens is 534 g/mol. The minimum Gasteiger partial charge on any atom is -0.468 e. The van der Waals surface area contributed by atoms with Crippen LogP contribution in [-0.2, 0) is 32.1 Å². The molecule has 2 aliphatic carbocycles. The highest BCUT2D eigenvalue weighted by atomic mass is 16.5. The molecule has 3 heterocycles. The molecule has 10 nitrogen and oxygen atoms in total. The first-order valence-corrected chi connectivity index (χ1v) is 15.0. The molecule has 10 heteroatoms. The number of benzene rings is 1. The first-order valence-electron chi connectivity index (χ1n) is 15.0. The first-order chi connectivity index (χ1) is 20.3. The van der Waals surface area contributed by atoms with Gasteiger partial charge in [0.25, 0.3) is 0 Å². The first kappa shape index (κ1) is 28.2. The number of methoxy groups -OCH3 is 1. The van der Waals surface area contributed by atoms with Crippen LogP contribution in [0.25, 0.3) is 5.65 Å². The van der Waals surface area contributed by atoms with Crippen molar-refractivity contribution in [2.45, 2.75) is 70.9 Å². The van der Waals surface area contributed by atoms with Crippen molar-refractivity contribution in [1.82, 2.24) is 25.2 Å². The predicted molar refractivity (Wildman–Crippen MR) is 154 cm³/mol. The summed E-state index contributed by atoms with van der Waals surface area (Å²) >= 11 is 0. The summed E-state index contributed by atoms with van der Waals surface area (Å²) in [7, 11) is 1.33. The Morgan fingerprint density at radius 1 is 1.12 bits per heavy atom. The normalized spacial score (nSPS) is 25.4. The topological polar surface area (TPSA) is 124 Å². The third-order valence-corrected chi connectivity index (χ3v) is 9.48. The van der Waals surface area contributed by atoms with Gasteiger partial charge in [0, 0.05) is 13.0 Å². The van der Waals surface area contributed by atoms with Gasteiger partial charge in [-0.15, -0.1) is 0 Å². The van der Waals surface area contributed by atoms with E-state index < -0.39 is 17.5 Å². The van der Waals surface area contributed by atoms with Crippen molar-refractivity contribution < 1.29 is 23.9 Å². The lowest BCUT2D eigenvalue weighted by molar-refractivity contribution is -0.163. The highest BCUT2D eigenvalue weighted by molar-refractivity contribution is 6.03. The Labute approximate surface area is 245 Å². The zero-order valence-corrected chi connectivity index (χ0v) is 24.3. The molecule has 3 aliphatic rings. The fourth-order valence-corrected chi connectivity index (χ4v) is 6.76. The number of nitrogens with zero attached hydrogens (tertiary/aromatic N) is 3. The highest BCUT2D eigenvalue weighted by Gasteiger charge is 2.60. The molecule has 6 rings (SSSR count). The van der Waals surface area contributed by atoms with E-state index in [4.69, 9.17) is 19.6 Å². The standard InChI is InChI=1S/C32H39N5O5/c1-21-8-10-23(11-9-21)27(35-30(40)42-18-22-6-4-3-5-7-22)25-17-37-26(34-25)13-12-24(36-37)16-32(29(39)41-2)19-31(14-15-31)20-33-28(32)38/h3-7,12-13,17,21,23,27H,8-11,14-16,18-20H2,1-2H3,(H,33,38)(H,35,40)/t21?,23?,27-,32?/m0/s1. The molecule has 1 spiro atoms. The number of nitrogens with one attached hydrogen (secondary N) is 2. The lowest BCUT2D eigenvalue weighted by Crippen LogP contribution is -2.56. The molecule has 2 saturated carbocycles. The molecule has 222 valence electrons. The van der Waals surface area contributed by atoms with Crippen molar-refractivity contribution in [2.24, 2.45) is 22.7 Å². The smallest absolute Gasteiger partial charge is 0.408 e. The van der Waals surface area contributed by atoms with Crippen LogP contribution in [0.15, 0.2) is 48.7 Å². The van der Waals surface area contributed by atoms with Crippen molar-refractivity contribution in [3.05, 3.63) is 65.6 Å². The second-order valence-electron chi connectivity index (χ2n) is 12.6. The number of aromatic nitrogens is 3. The van der Waals surface area contributed by atoms with Gasteiger partial charge in [0.15, 0.2) is 11.1 Å². The highest BCUT2D eigenvalue weighted by Crippen LogP contribution is 2.56. The Morgan fingerprint density at radius 2 is 1.88 bits per heavy atom. The van der Waals surface area contributed by atoms with E-state index in [0.717, 1.165) is 44.1 Å². The maximum atomic E-state index is 13.1. The molecule has 1 aromatic carbocycles. The molecule has 3 aromatic rings. The molecule has 0 bridgehead atoms. The lowest BCUT2D eigenvalue weighted by Gasteiger charge is -2.37. The van der Waals surface area contributed by atoms with E-state index in [-0.39, 0.29) is 36.3 Å². The number of amides is 2. The summed E-state index contributed by atoms with van der Waals surface area (Å²) in [6.07, 6.45) is 8.10. The maximum Gasteiger partial charge on any atom is 0.408 e. The van der Waals surface area contributed by atoms with Crippen LogP contribution in [0, 0.1) is 22.7 Å². The van der Waals surface area contributed by atoms with Crippen molar-refractivity contribution in [1.29, 1.82) is 0 Å². The summed E-state index contributed by atoms with van der Waals surface area (Å²) in [6.45, 7) is 3.06. The van der Waals surface area contributed by atoms with E-state index in [0.29, 0.717) is 35.9 Å². The number of carbonyl (C=O) groups is 3. The molecule has 0 radical (unpaired) electrons. The fraction of sp³-hybridized carbons (Fsp3) is 0.531. The van der Waals surface area contributed by atoms with E-state index in [9.17, 15) is 14.4 Å². The van der Waals surface area contributed by atoms with Crippen LogP contribution in [0.1, 0.15) is 74.9 Å². The maximum absolute atomic E-state index is 13.1. The van der Waals surface area contributed by atoms with E-state index in [1.54, 1.807) is 4.52 Å². The molecule has 42 heavy (non-hydrogen) atoms. The number of piperidine rings is 1. The Kier molecular flexibility index (Phi) is 7.64. The molecular formula is C32H39N5O5. The van der Waals surface area contributed by atoms with E-state index in [2.05, 4.69) is 17.6 Å². The summed E-state index contributed by atoms with van der Waals surface area (Å²) in [5.74, 6) is 0.0538. The molecule has 2 atom stereocenters. The van der Waals surface area contributed by atoms with Crippen molar-refractivity contribution >= 4 is 23.6 Å². The zero-order chi connectivity index (χ0) is 29.3. The summed E-state index contributed by atoms with van der Waals surface area (Å²) in [6, 6.07) is 12.9. The van der Waals surface area contributed by atoms with Crippen molar-refractivity contribution in [3.63, 3.8) is 0 Å². The average molecular weight is 574 g/mol. The van der Waals surface area contributed by atoms with Crippen LogP contribution in [-0.4, -0.2) is 46.2 Å². The van der Waals surface area contributed by atoms with Crippen LogP contribution in [0.4, 0.5) is 4.79 Å². The van der Waals surface area contributed by atoms with Crippen LogP contribution >= 0.6 is 0 Å². The summed E-state index contributed by atoms with van der Waals surface area (Å²) in [5.41, 5.74) is 1.53. The number of esters is 1. The quantitative estimate of drug-likeness (QED) is 0.300. The molecule has 2 aromatic heterocycles. The largest absolute Gasteiger partial charge is 0.468 e. The van der Waals surface area contributed by atoms with Gasteiger partial charge in [0.1, 0.15) is 6.61 Å². The van der Waals surface area contributed by atoms with Gasteiger partial charge in [-0.25, -0.2) is 14.3 Å². The van der Waals surface area contributed by atoms with Gasteiger partial charge >= 0.3 is 12.1 Å². The van der Waals surface area contributed by atoms with Gasteiger partial charge in [0.2, 0.25) is 5.91 Å². The Balaban J connectivity index is 1.24. The number of imidazole rings is 1. The van der Waals surface area contributed by atoms with Crippen molar-refractivity contribution in [2.75, 3.05) is 13.7 Å². The summed E-state index contributed by atoms with van der Waals surface area (Å²) in [5, 5.41) is 10.8. The van der Waals surface area contributed by atoms with Crippen LogP contribution in [0.2, 0.25) is 0 Å². The Hall–Kier alpha value is -3.95. The van der Waals surface area contributed by atoms with Crippen LogP contribution in [0.3, 0.4) is 0 Å². The number of hydrogen-bond acceptors (Lipinski definition) is 7. The summed E-state index contributed by atoms with van der Waals surface area (Å²) < 4.78 is 12.4. The molecule has 2 N–H and O–H groups in total. The molecule has 2 amide bonds. The van der Waals surface area contributed by atoms with Crippen LogP contribution < -0.4 is 10.6 Å². The fourth-order valence-electron chi connectivity index (χ4n) is 6.76. The van der Waals surface area contributed by atoms with E-state index >= 15 is 0 Å². The number of alkyl carbamates (subject to hydrolysis) is 1. The summed E-state index contributed by atoms with van der Waals surface area (Å²) in [4.78, 5) is 44.0. The average Bonchev–Trinajstić information content (AvgIpc) is 3.62. The van der Waals surface area contributed by atoms with Crippen molar-refractivity contribution in [3.8, 4) is 0 Å². The number of carbonyl (C=O) groups excluding carboxylic acids is 3. The van der Waals surface area contributed by atoms with Gasteiger partial charge in [-0.1, -0.05) is 50.1 Å². The molecule has 1 saturated heterocycles. The van der Waals surface area contributed by atoms with Gasteiger partial charge in [-0.05, 0) is 67.1 Å². The third kappa shape index (κ3) is 5.71. The number of hydrogen-bond donors (Lipinski definition) is 2. The second-order valence-corrected chi connectivity index (χ2v) is 12.6. The number of ether oxygens (including phenoxy) is 2. The van der Waals surface area contributed by atoms with Gasteiger partial charge < -0.3 is 20.1 Å². The number of rotatable bonds is 8. The van der Waals surface area contributed by atoms with Gasteiger partial charge in [-0.3, -0.25) is 9.59 Å². The second kappa shape index (κ2) is 11.4. The van der Waals surface area contributed by atoms with E-state index in [1.165, 1.54) is 7.11 Å². The minimum atomic E-state index is -1.31. The molecule has 1 aliphatic heterocycles. The van der Waals surface area contributed by atoms with Crippen LogP contribution in [0.5, 0.6) is 0 Å². The minimum absolute atomic E-state index is 0.0279. The number of fused-ring (bicyclic) bond motifs is 1. The van der Waals surface area contributed by atoms with Gasteiger partial charge in [0.05, 0.1) is 30.7 Å². The lowest BCUT2D eigenvalue weighted by atomic mass is 9.71. The SMILES string of the molecule is COC(=O)C1(Cc2ccc3nc([C@@H](NC(=O)OCc4ccccc4)C4CCC(C)CC4)cn3n2)CC2(CC2)CNC1=O. The molecule has 3 fully saturated rings. The third-order valence-electron chi connectivity index (χ3n) is 9.48. The monoisotopic (exact) mass is 573 g/mol.